The maximum atomic E-state index is 12.6. The van der Waals surface area contributed by atoms with Crippen LogP contribution in [0.3, 0.4) is 0 Å². The van der Waals surface area contributed by atoms with E-state index in [1.165, 1.54) is 0 Å². The molecule has 2 aliphatic rings. The van der Waals surface area contributed by atoms with Gasteiger partial charge in [0.1, 0.15) is 0 Å². The van der Waals surface area contributed by atoms with Crippen molar-refractivity contribution in [2.45, 2.75) is 45.1 Å². The molecule has 1 aromatic heterocycles. The summed E-state index contributed by atoms with van der Waals surface area (Å²) in [5, 5.41) is 3.14. The van der Waals surface area contributed by atoms with Crippen molar-refractivity contribution in [3.8, 4) is 0 Å². The standard InChI is InChI=1S/C20H28N4O3/c1-2-18(25)24-11-3-4-16(14-24)19(26)22-17-7-12-23(13-8-17)20(27)15-5-9-21-10-6-15/h5-6,9-10,16-17H,2-4,7-8,11-14H2,1H3,(H,22,26)/t16-/m0/s1. The van der Waals surface area contributed by atoms with Gasteiger partial charge < -0.3 is 15.1 Å². The van der Waals surface area contributed by atoms with Gasteiger partial charge in [-0.1, -0.05) is 6.92 Å². The average molecular weight is 372 g/mol. The highest BCUT2D eigenvalue weighted by Gasteiger charge is 2.30. The topological polar surface area (TPSA) is 82.6 Å². The fraction of sp³-hybridized carbons (Fsp3) is 0.600. The molecule has 146 valence electrons. The van der Waals surface area contributed by atoms with Crippen LogP contribution in [0.5, 0.6) is 0 Å². The highest BCUT2D eigenvalue weighted by Crippen LogP contribution is 2.19. The molecule has 2 saturated heterocycles. The lowest BCUT2D eigenvalue weighted by Crippen LogP contribution is -2.50. The number of likely N-dealkylation sites (tertiary alicyclic amines) is 2. The van der Waals surface area contributed by atoms with Gasteiger partial charge in [-0.3, -0.25) is 19.4 Å². The molecule has 1 N–H and O–H groups in total. The predicted molar refractivity (Wildman–Crippen MR) is 101 cm³/mol. The first-order valence-corrected chi connectivity index (χ1v) is 9.86. The molecule has 27 heavy (non-hydrogen) atoms. The summed E-state index contributed by atoms with van der Waals surface area (Å²) < 4.78 is 0. The van der Waals surface area contributed by atoms with Crippen LogP contribution in [-0.2, 0) is 9.59 Å². The minimum Gasteiger partial charge on any atom is -0.353 e. The molecule has 7 heteroatoms. The van der Waals surface area contributed by atoms with E-state index in [1.54, 1.807) is 24.5 Å². The van der Waals surface area contributed by atoms with Gasteiger partial charge in [0.2, 0.25) is 11.8 Å². The number of hydrogen-bond acceptors (Lipinski definition) is 4. The molecule has 2 aliphatic heterocycles. The Balaban J connectivity index is 1.47. The lowest BCUT2D eigenvalue weighted by atomic mass is 9.95. The van der Waals surface area contributed by atoms with Crippen LogP contribution in [0.2, 0.25) is 0 Å². The molecule has 3 amide bonds. The first-order chi connectivity index (χ1) is 13.1. The molecule has 0 radical (unpaired) electrons. The number of nitrogens with one attached hydrogen (secondary N) is 1. The molecule has 2 fully saturated rings. The second kappa shape index (κ2) is 8.97. The molecular weight excluding hydrogens is 344 g/mol. The van der Waals surface area contributed by atoms with E-state index in [2.05, 4.69) is 10.3 Å². The van der Waals surface area contributed by atoms with E-state index in [-0.39, 0.29) is 29.7 Å². The molecule has 0 saturated carbocycles. The normalized spacial score (nSPS) is 21.0. The highest BCUT2D eigenvalue weighted by molar-refractivity contribution is 5.94. The Hall–Kier alpha value is -2.44. The van der Waals surface area contributed by atoms with Crippen molar-refractivity contribution in [3.05, 3.63) is 30.1 Å². The van der Waals surface area contributed by atoms with Crippen molar-refractivity contribution < 1.29 is 14.4 Å². The molecule has 0 unspecified atom stereocenters. The monoisotopic (exact) mass is 372 g/mol. The van der Waals surface area contributed by atoms with Gasteiger partial charge in [0.05, 0.1) is 5.92 Å². The maximum absolute atomic E-state index is 12.6. The number of carbonyl (C=O) groups excluding carboxylic acids is 3. The van der Waals surface area contributed by atoms with Crippen LogP contribution >= 0.6 is 0 Å². The summed E-state index contributed by atoms with van der Waals surface area (Å²) in [6.45, 7) is 4.41. The molecule has 0 bridgehead atoms. The van der Waals surface area contributed by atoms with Crippen molar-refractivity contribution in [2.24, 2.45) is 5.92 Å². The molecular formula is C20H28N4O3. The highest BCUT2D eigenvalue weighted by atomic mass is 16.2. The Morgan fingerprint density at radius 2 is 1.78 bits per heavy atom. The van der Waals surface area contributed by atoms with Crippen LogP contribution in [0, 0.1) is 5.92 Å². The van der Waals surface area contributed by atoms with Crippen molar-refractivity contribution in [1.29, 1.82) is 0 Å². The quantitative estimate of drug-likeness (QED) is 0.867. The molecule has 0 spiro atoms. The molecule has 3 heterocycles. The molecule has 7 nitrogen and oxygen atoms in total. The Labute approximate surface area is 160 Å². The summed E-state index contributed by atoms with van der Waals surface area (Å²) in [6, 6.07) is 3.54. The number of amides is 3. The van der Waals surface area contributed by atoms with Crippen LogP contribution in [0.25, 0.3) is 0 Å². The van der Waals surface area contributed by atoms with Crippen molar-refractivity contribution in [2.75, 3.05) is 26.2 Å². The van der Waals surface area contributed by atoms with Crippen molar-refractivity contribution in [3.63, 3.8) is 0 Å². The zero-order valence-electron chi connectivity index (χ0n) is 15.9. The second-order valence-corrected chi connectivity index (χ2v) is 7.34. The number of hydrogen-bond donors (Lipinski definition) is 1. The molecule has 0 aromatic carbocycles. The third-order valence-electron chi connectivity index (χ3n) is 5.50. The van der Waals surface area contributed by atoms with Gasteiger partial charge in [-0.2, -0.15) is 0 Å². The summed E-state index contributed by atoms with van der Waals surface area (Å²) in [7, 11) is 0. The number of piperidine rings is 2. The molecule has 1 atom stereocenters. The summed E-state index contributed by atoms with van der Waals surface area (Å²) >= 11 is 0. The first kappa shape index (κ1) is 19.3. The van der Waals surface area contributed by atoms with E-state index in [0.29, 0.717) is 31.6 Å². The van der Waals surface area contributed by atoms with Gasteiger partial charge in [0, 0.05) is 56.6 Å². The lowest BCUT2D eigenvalue weighted by molar-refractivity contribution is -0.135. The Bertz CT molecular complexity index is 671. The second-order valence-electron chi connectivity index (χ2n) is 7.34. The predicted octanol–water partition coefficient (Wildman–Crippen LogP) is 1.45. The van der Waals surface area contributed by atoms with Gasteiger partial charge >= 0.3 is 0 Å². The third kappa shape index (κ3) is 4.84. The summed E-state index contributed by atoms with van der Waals surface area (Å²) in [5.41, 5.74) is 0.648. The summed E-state index contributed by atoms with van der Waals surface area (Å²) in [4.78, 5) is 44.6. The Morgan fingerprint density at radius 1 is 1.07 bits per heavy atom. The minimum atomic E-state index is -0.120. The number of nitrogens with zero attached hydrogens (tertiary/aromatic N) is 3. The number of aromatic nitrogens is 1. The van der Waals surface area contributed by atoms with Gasteiger partial charge in [-0.25, -0.2) is 0 Å². The van der Waals surface area contributed by atoms with Crippen LogP contribution < -0.4 is 5.32 Å². The largest absolute Gasteiger partial charge is 0.353 e. The molecule has 0 aliphatic carbocycles. The summed E-state index contributed by atoms with van der Waals surface area (Å²) in [5.74, 6) is 0.0619. The van der Waals surface area contributed by atoms with Crippen molar-refractivity contribution >= 4 is 17.7 Å². The van der Waals surface area contributed by atoms with Crippen LogP contribution in [-0.4, -0.2) is 64.7 Å². The molecule has 1 aromatic rings. The zero-order chi connectivity index (χ0) is 19.2. The SMILES string of the molecule is CCC(=O)N1CCC[C@H](C(=O)NC2CCN(C(=O)c3ccncc3)CC2)C1. The van der Waals surface area contributed by atoms with E-state index in [4.69, 9.17) is 0 Å². The third-order valence-corrected chi connectivity index (χ3v) is 5.50. The number of rotatable bonds is 4. The van der Waals surface area contributed by atoms with E-state index in [0.717, 1.165) is 32.2 Å². The molecule has 3 rings (SSSR count). The van der Waals surface area contributed by atoms with E-state index in [1.807, 2.05) is 16.7 Å². The zero-order valence-corrected chi connectivity index (χ0v) is 15.9. The smallest absolute Gasteiger partial charge is 0.253 e. The van der Waals surface area contributed by atoms with Crippen LogP contribution in [0.4, 0.5) is 0 Å². The van der Waals surface area contributed by atoms with Gasteiger partial charge in [-0.15, -0.1) is 0 Å². The number of carbonyl (C=O) groups is 3. The Morgan fingerprint density at radius 3 is 2.44 bits per heavy atom. The number of pyridine rings is 1. The fourth-order valence-electron chi connectivity index (χ4n) is 3.86. The summed E-state index contributed by atoms with van der Waals surface area (Å²) in [6.07, 6.45) is 6.95. The van der Waals surface area contributed by atoms with Gasteiger partial charge in [-0.05, 0) is 37.8 Å². The Kier molecular flexibility index (Phi) is 6.42. The maximum Gasteiger partial charge on any atom is 0.253 e. The van der Waals surface area contributed by atoms with Crippen LogP contribution in [0.15, 0.2) is 24.5 Å². The van der Waals surface area contributed by atoms with Crippen LogP contribution in [0.1, 0.15) is 49.4 Å². The van der Waals surface area contributed by atoms with E-state index < -0.39 is 0 Å². The lowest BCUT2D eigenvalue weighted by Gasteiger charge is -2.35. The first-order valence-electron chi connectivity index (χ1n) is 9.86. The van der Waals surface area contributed by atoms with Gasteiger partial charge in [0.15, 0.2) is 0 Å². The minimum absolute atomic E-state index is 0.0168. The van der Waals surface area contributed by atoms with E-state index >= 15 is 0 Å². The van der Waals surface area contributed by atoms with Gasteiger partial charge in [0.25, 0.3) is 5.91 Å². The van der Waals surface area contributed by atoms with E-state index in [9.17, 15) is 14.4 Å². The average Bonchev–Trinajstić information content (AvgIpc) is 2.74. The van der Waals surface area contributed by atoms with Crippen molar-refractivity contribution in [1.82, 2.24) is 20.1 Å². The fourth-order valence-corrected chi connectivity index (χ4v) is 3.86.